The molecule has 4 aliphatic rings. The van der Waals surface area contributed by atoms with Gasteiger partial charge in [0.25, 0.3) is 0 Å². The Balaban J connectivity index is 1.23. The van der Waals surface area contributed by atoms with Crippen LogP contribution in [-0.2, 0) is 13.2 Å². The third-order valence-electron chi connectivity index (χ3n) is 7.86. The van der Waals surface area contributed by atoms with Gasteiger partial charge in [0, 0.05) is 23.2 Å². The fourth-order valence-electron chi connectivity index (χ4n) is 6.77. The Morgan fingerprint density at radius 3 is 2.38 bits per heavy atom. The highest BCUT2D eigenvalue weighted by atomic mass is 35.5. The lowest BCUT2D eigenvalue weighted by atomic mass is 9.48. The molecular formula is C26H32ClNO. The van der Waals surface area contributed by atoms with Crippen molar-refractivity contribution in [3.63, 3.8) is 0 Å². The highest BCUT2D eigenvalue weighted by Crippen LogP contribution is 2.61. The number of benzene rings is 2. The van der Waals surface area contributed by atoms with Gasteiger partial charge in [-0.1, -0.05) is 41.9 Å². The zero-order chi connectivity index (χ0) is 19.8. The molecule has 0 aliphatic heterocycles. The molecule has 1 unspecified atom stereocenters. The summed E-state index contributed by atoms with van der Waals surface area (Å²) in [4.78, 5) is 0. The molecule has 0 spiro atoms. The molecular weight excluding hydrogens is 378 g/mol. The van der Waals surface area contributed by atoms with Gasteiger partial charge >= 0.3 is 0 Å². The number of rotatable bonds is 7. The molecule has 0 radical (unpaired) electrons. The van der Waals surface area contributed by atoms with E-state index in [-0.39, 0.29) is 0 Å². The molecule has 0 heterocycles. The number of para-hydroxylation sites is 1. The van der Waals surface area contributed by atoms with E-state index in [1.54, 1.807) is 0 Å². The number of nitrogens with one attached hydrogen (secondary N) is 1. The Morgan fingerprint density at radius 1 is 1.00 bits per heavy atom. The predicted molar refractivity (Wildman–Crippen MR) is 119 cm³/mol. The van der Waals surface area contributed by atoms with Crippen LogP contribution in [0.1, 0.15) is 56.6 Å². The van der Waals surface area contributed by atoms with Crippen LogP contribution < -0.4 is 10.1 Å². The van der Waals surface area contributed by atoms with Gasteiger partial charge < -0.3 is 10.1 Å². The van der Waals surface area contributed by atoms with Gasteiger partial charge in [0.15, 0.2) is 0 Å². The van der Waals surface area contributed by atoms with Crippen LogP contribution in [0.15, 0.2) is 48.5 Å². The van der Waals surface area contributed by atoms with Crippen molar-refractivity contribution in [2.24, 2.45) is 23.2 Å². The van der Waals surface area contributed by atoms with Gasteiger partial charge in [-0.15, -0.1) is 0 Å². The van der Waals surface area contributed by atoms with Crippen molar-refractivity contribution in [2.45, 2.75) is 64.6 Å². The van der Waals surface area contributed by atoms with Crippen LogP contribution in [0.3, 0.4) is 0 Å². The lowest BCUT2D eigenvalue weighted by Gasteiger charge is -2.59. The molecule has 0 amide bonds. The summed E-state index contributed by atoms with van der Waals surface area (Å²) in [6.07, 6.45) is 8.85. The first-order valence-corrected chi connectivity index (χ1v) is 11.7. The maximum absolute atomic E-state index is 6.16. The van der Waals surface area contributed by atoms with Gasteiger partial charge in [0.05, 0.1) is 0 Å². The number of hydrogen-bond acceptors (Lipinski definition) is 2. The molecule has 0 aromatic heterocycles. The van der Waals surface area contributed by atoms with E-state index in [1.165, 1.54) is 44.1 Å². The first kappa shape index (κ1) is 19.5. The number of halogens is 1. The van der Waals surface area contributed by atoms with Gasteiger partial charge in [-0.2, -0.15) is 0 Å². The van der Waals surface area contributed by atoms with Crippen molar-refractivity contribution in [1.29, 1.82) is 0 Å². The van der Waals surface area contributed by atoms with E-state index >= 15 is 0 Å². The molecule has 4 fully saturated rings. The molecule has 4 aliphatic carbocycles. The zero-order valence-corrected chi connectivity index (χ0v) is 18.1. The maximum atomic E-state index is 6.16. The van der Waals surface area contributed by atoms with E-state index in [1.807, 2.05) is 18.2 Å². The van der Waals surface area contributed by atoms with Crippen LogP contribution in [0.2, 0.25) is 5.02 Å². The molecule has 2 nitrogen and oxygen atoms in total. The summed E-state index contributed by atoms with van der Waals surface area (Å²) in [5.41, 5.74) is 2.87. The maximum Gasteiger partial charge on any atom is 0.124 e. The Hall–Kier alpha value is -1.51. The van der Waals surface area contributed by atoms with Crippen LogP contribution in [0.5, 0.6) is 5.75 Å². The summed E-state index contributed by atoms with van der Waals surface area (Å²) in [6, 6.07) is 16.9. The van der Waals surface area contributed by atoms with Crippen molar-refractivity contribution in [3.8, 4) is 5.75 Å². The Labute approximate surface area is 180 Å². The number of ether oxygens (including phenoxy) is 1. The van der Waals surface area contributed by atoms with Crippen molar-refractivity contribution in [3.05, 3.63) is 64.7 Å². The fraction of sp³-hybridized carbons (Fsp3) is 0.538. The lowest BCUT2D eigenvalue weighted by Crippen LogP contribution is -2.54. The van der Waals surface area contributed by atoms with Gasteiger partial charge in [0.2, 0.25) is 0 Å². The predicted octanol–water partition coefficient (Wildman–Crippen LogP) is 6.61. The molecule has 154 valence electrons. The van der Waals surface area contributed by atoms with Crippen molar-refractivity contribution >= 4 is 11.6 Å². The SMILES string of the molecule is CC(NCc1ccccc1OCc1cccc(Cl)c1)C12CC3CC(CC(C3)C1)C2. The summed E-state index contributed by atoms with van der Waals surface area (Å²) in [5, 5.41) is 4.66. The smallest absolute Gasteiger partial charge is 0.124 e. The van der Waals surface area contributed by atoms with Gasteiger partial charge in [-0.25, -0.2) is 0 Å². The van der Waals surface area contributed by atoms with Crippen LogP contribution in [0.4, 0.5) is 0 Å². The summed E-state index contributed by atoms with van der Waals surface area (Å²) in [7, 11) is 0. The minimum atomic E-state index is 0.533. The third kappa shape index (κ3) is 4.07. The highest BCUT2D eigenvalue weighted by molar-refractivity contribution is 6.30. The first-order chi connectivity index (χ1) is 14.1. The molecule has 0 saturated heterocycles. The Kier molecular flexibility index (Phi) is 5.34. The topological polar surface area (TPSA) is 21.3 Å². The second-order valence-electron chi connectivity index (χ2n) is 9.91. The van der Waals surface area contributed by atoms with Gasteiger partial charge in [0.1, 0.15) is 12.4 Å². The molecule has 29 heavy (non-hydrogen) atoms. The van der Waals surface area contributed by atoms with Crippen LogP contribution >= 0.6 is 11.6 Å². The van der Waals surface area contributed by atoms with Crippen molar-refractivity contribution < 1.29 is 4.74 Å². The second-order valence-corrected chi connectivity index (χ2v) is 10.3. The Bertz CT molecular complexity index is 828. The first-order valence-electron chi connectivity index (χ1n) is 11.3. The largest absolute Gasteiger partial charge is 0.489 e. The van der Waals surface area contributed by atoms with E-state index < -0.39 is 0 Å². The normalized spacial score (nSPS) is 31.0. The van der Waals surface area contributed by atoms with Crippen molar-refractivity contribution in [2.75, 3.05) is 0 Å². The highest BCUT2D eigenvalue weighted by Gasteiger charge is 2.52. The van der Waals surface area contributed by atoms with Crippen LogP contribution in [-0.4, -0.2) is 6.04 Å². The summed E-state index contributed by atoms with van der Waals surface area (Å²) in [5.74, 6) is 3.97. The standard InChI is InChI=1S/C26H32ClNO/c1-18(26-13-20-9-21(14-26)11-22(10-20)15-26)28-16-23-6-2-3-8-25(23)29-17-19-5-4-7-24(27)12-19/h2-8,12,18,20-22,28H,9-11,13-17H2,1H3. The molecule has 6 rings (SSSR count). The monoisotopic (exact) mass is 409 g/mol. The molecule has 4 bridgehead atoms. The molecule has 2 aromatic rings. The minimum absolute atomic E-state index is 0.533. The average molecular weight is 410 g/mol. The summed E-state index contributed by atoms with van der Waals surface area (Å²) in [6.45, 7) is 3.85. The van der Waals surface area contributed by atoms with E-state index in [0.29, 0.717) is 18.1 Å². The third-order valence-corrected chi connectivity index (χ3v) is 8.09. The van der Waals surface area contributed by atoms with E-state index in [0.717, 1.165) is 40.6 Å². The van der Waals surface area contributed by atoms with E-state index in [9.17, 15) is 0 Å². The van der Waals surface area contributed by atoms with Crippen LogP contribution in [0, 0.1) is 23.2 Å². The number of hydrogen-bond donors (Lipinski definition) is 1. The quantitative estimate of drug-likeness (QED) is 0.555. The lowest BCUT2D eigenvalue weighted by molar-refractivity contribution is -0.0706. The van der Waals surface area contributed by atoms with Crippen LogP contribution in [0.25, 0.3) is 0 Å². The molecule has 1 N–H and O–H groups in total. The summed E-state index contributed by atoms with van der Waals surface area (Å²) < 4.78 is 6.16. The zero-order valence-electron chi connectivity index (χ0n) is 17.4. The molecule has 4 saturated carbocycles. The van der Waals surface area contributed by atoms with E-state index in [4.69, 9.17) is 16.3 Å². The van der Waals surface area contributed by atoms with E-state index in [2.05, 4.69) is 42.6 Å². The average Bonchev–Trinajstić information content (AvgIpc) is 2.70. The van der Waals surface area contributed by atoms with Gasteiger partial charge in [-0.3, -0.25) is 0 Å². The molecule has 2 aromatic carbocycles. The summed E-state index contributed by atoms with van der Waals surface area (Å²) >= 11 is 6.11. The Morgan fingerprint density at radius 2 is 1.69 bits per heavy atom. The second kappa shape index (κ2) is 7.96. The van der Waals surface area contributed by atoms with Crippen molar-refractivity contribution in [1.82, 2.24) is 5.32 Å². The molecule has 1 atom stereocenters. The molecule has 3 heteroatoms. The minimum Gasteiger partial charge on any atom is -0.489 e. The van der Waals surface area contributed by atoms with Gasteiger partial charge in [-0.05, 0) is 92.4 Å². The fourth-order valence-corrected chi connectivity index (χ4v) is 6.98.